The molecular formula is C19H16F2N2O5. The number of nitrogens with zero attached hydrogens (tertiary/aromatic N) is 1. The van der Waals surface area contributed by atoms with E-state index >= 15 is 0 Å². The molecule has 7 nitrogen and oxygen atoms in total. The molecule has 2 aromatic carbocycles. The van der Waals surface area contributed by atoms with Crippen LogP contribution >= 0.6 is 0 Å². The summed E-state index contributed by atoms with van der Waals surface area (Å²) < 4.78 is 31.3. The van der Waals surface area contributed by atoms with Gasteiger partial charge in [0.2, 0.25) is 11.9 Å². The lowest BCUT2D eigenvalue weighted by atomic mass is 9.73. The first-order valence-corrected chi connectivity index (χ1v) is 8.36. The van der Waals surface area contributed by atoms with Crippen molar-refractivity contribution in [2.45, 2.75) is 18.0 Å². The summed E-state index contributed by atoms with van der Waals surface area (Å²) in [5.74, 6) is -5.48. The predicted octanol–water partition coefficient (Wildman–Crippen LogP) is 2.35. The first-order valence-electron chi connectivity index (χ1n) is 8.36. The summed E-state index contributed by atoms with van der Waals surface area (Å²) in [5, 5.41) is 14.5. The topological polar surface area (TPSA) is 98.5 Å². The summed E-state index contributed by atoms with van der Waals surface area (Å²) in [6.45, 7) is 0. The van der Waals surface area contributed by atoms with Crippen LogP contribution in [0.1, 0.15) is 23.1 Å². The maximum Gasteiger partial charge on any atom is 0.319 e. The van der Waals surface area contributed by atoms with E-state index < -0.39 is 52.4 Å². The number of ether oxygens (including phenoxy) is 1. The van der Waals surface area contributed by atoms with E-state index in [0.29, 0.717) is 5.56 Å². The Morgan fingerprint density at radius 2 is 1.54 bits per heavy atom. The van der Waals surface area contributed by atoms with Crippen molar-refractivity contribution in [1.29, 1.82) is 0 Å². The molecule has 1 aliphatic rings. The van der Waals surface area contributed by atoms with Crippen LogP contribution in [0.4, 0.5) is 8.78 Å². The minimum absolute atomic E-state index is 0.250. The zero-order valence-corrected chi connectivity index (χ0v) is 14.7. The Morgan fingerprint density at radius 1 is 1.04 bits per heavy atom. The molecule has 9 heteroatoms. The number of benzene rings is 2. The average molecular weight is 390 g/mol. The lowest BCUT2D eigenvalue weighted by Gasteiger charge is -2.37. The molecule has 1 saturated heterocycles. The highest BCUT2D eigenvalue weighted by molar-refractivity contribution is 6.00. The SMILES string of the molecule is COC(=O)C1C(=O)NC(c2ccc(F)cc2)C([N+](=O)[O-])C1c1ccc(F)cc1. The van der Waals surface area contributed by atoms with Gasteiger partial charge in [-0.05, 0) is 35.4 Å². The fourth-order valence-corrected chi connectivity index (χ4v) is 3.55. The third-order valence-corrected chi connectivity index (χ3v) is 4.83. The van der Waals surface area contributed by atoms with Crippen molar-refractivity contribution in [3.63, 3.8) is 0 Å². The highest BCUT2D eigenvalue weighted by Gasteiger charge is 2.55. The number of amides is 1. The van der Waals surface area contributed by atoms with E-state index in [0.717, 1.165) is 31.4 Å². The normalized spacial score (nSPS) is 24.3. The second kappa shape index (κ2) is 7.71. The Morgan fingerprint density at radius 3 is 2.00 bits per heavy atom. The van der Waals surface area contributed by atoms with Gasteiger partial charge in [0.25, 0.3) is 0 Å². The number of nitrogens with one attached hydrogen (secondary N) is 1. The van der Waals surface area contributed by atoms with Crippen LogP contribution in [0.25, 0.3) is 0 Å². The summed E-state index contributed by atoms with van der Waals surface area (Å²) in [4.78, 5) is 36.3. The minimum Gasteiger partial charge on any atom is -0.468 e. The van der Waals surface area contributed by atoms with Crippen molar-refractivity contribution in [1.82, 2.24) is 5.32 Å². The summed E-state index contributed by atoms with van der Waals surface area (Å²) in [5.41, 5.74) is 0.562. The van der Waals surface area contributed by atoms with E-state index in [2.05, 4.69) is 10.1 Å². The largest absolute Gasteiger partial charge is 0.468 e. The van der Waals surface area contributed by atoms with Crippen LogP contribution in [0.15, 0.2) is 48.5 Å². The van der Waals surface area contributed by atoms with Crippen LogP contribution in [0.3, 0.4) is 0 Å². The first kappa shape index (κ1) is 19.4. The number of piperidine rings is 1. The molecule has 146 valence electrons. The number of esters is 1. The van der Waals surface area contributed by atoms with Gasteiger partial charge in [0.05, 0.1) is 13.0 Å². The number of rotatable bonds is 4. The van der Waals surface area contributed by atoms with Gasteiger partial charge in [0, 0.05) is 4.92 Å². The van der Waals surface area contributed by atoms with Crippen molar-refractivity contribution >= 4 is 11.9 Å². The van der Waals surface area contributed by atoms with E-state index in [1.165, 1.54) is 24.3 Å². The molecule has 4 atom stereocenters. The molecule has 28 heavy (non-hydrogen) atoms. The first-order chi connectivity index (χ1) is 13.3. The van der Waals surface area contributed by atoms with E-state index in [4.69, 9.17) is 0 Å². The molecule has 1 amide bonds. The summed E-state index contributed by atoms with van der Waals surface area (Å²) in [6, 6.07) is 7.13. The summed E-state index contributed by atoms with van der Waals surface area (Å²) >= 11 is 0. The third-order valence-electron chi connectivity index (χ3n) is 4.83. The van der Waals surface area contributed by atoms with Gasteiger partial charge in [-0.1, -0.05) is 24.3 Å². The molecule has 0 bridgehead atoms. The second-order valence-corrected chi connectivity index (χ2v) is 6.39. The maximum atomic E-state index is 13.3. The number of hydrogen-bond acceptors (Lipinski definition) is 5. The molecule has 1 N–H and O–H groups in total. The van der Waals surface area contributed by atoms with Gasteiger partial charge in [-0.25, -0.2) is 8.78 Å². The van der Waals surface area contributed by atoms with Crippen LogP contribution in [0.2, 0.25) is 0 Å². The number of nitro groups is 1. The molecule has 2 aromatic rings. The van der Waals surface area contributed by atoms with Crippen molar-refractivity contribution in [2.24, 2.45) is 5.92 Å². The van der Waals surface area contributed by atoms with Gasteiger partial charge in [0.1, 0.15) is 23.6 Å². The van der Waals surface area contributed by atoms with E-state index in [1.54, 1.807) is 0 Å². The Labute approximate surface area is 158 Å². The molecule has 0 aliphatic carbocycles. The van der Waals surface area contributed by atoms with Gasteiger partial charge in [-0.2, -0.15) is 0 Å². The number of carbonyl (C=O) groups is 2. The second-order valence-electron chi connectivity index (χ2n) is 6.39. The van der Waals surface area contributed by atoms with Gasteiger partial charge in [0.15, 0.2) is 0 Å². The van der Waals surface area contributed by atoms with Crippen LogP contribution in [-0.2, 0) is 14.3 Å². The lowest BCUT2D eigenvalue weighted by molar-refractivity contribution is -0.534. The van der Waals surface area contributed by atoms with Gasteiger partial charge < -0.3 is 10.1 Å². The van der Waals surface area contributed by atoms with Crippen LogP contribution in [0.5, 0.6) is 0 Å². The van der Waals surface area contributed by atoms with Crippen molar-refractivity contribution in [2.75, 3.05) is 7.11 Å². The Bertz CT molecular complexity index is 902. The number of methoxy groups -OCH3 is 1. The van der Waals surface area contributed by atoms with E-state index in [1.807, 2.05) is 0 Å². The monoisotopic (exact) mass is 390 g/mol. The smallest absolute Gasteiger partial charge is 0.319 e. The van der Waals surface area contributed by atoms with Gasteiger partial charge in [-0.3, -0.25) is 19.7 Å². The molecule has 1 fully saturated rings. The molecule has 0 radical (unpaired) electrons. The quantitative estimate of drug-likeness (QED) is 0.374. The van der Waals surface area contributed by atoms with Crippen molar-refractivity contribution < 1.29 is 28.0 Å². The molecule has 1 aliphatic heterocycles. The van der Waals surface area contributed by atoms with Crippen molar-refractivity contribution in [3.8, 4) is 0 Å². The van der Waals surface area contributed by atoms with Crippen LogP contribution in [0, 0.1) is 27.7 Å². The molecule has 0 spiro atoms. The van der Waals surface area contributed by atoms with E-state index in [9.17, 15) is 28.5 Å². The van der Waals surface area contributed by atoms with Gasteiger partial charge >= 0.3 is 5.97 Å². The fourth-order valence-electron chi connectivity index (χ4n) is 3.55. The molecule has 3 rings (SSSR count). The number of halogens is 2. The molecule has 0 saturated carbocycles. The predicted molar refractivity (Wildman–Crippen MR) is 92.7 cm³/mol. The standard InChI is InChI=1S/C19H16F2N2O5/c1-28-19(25)15-14(10-2-6-12(20)7-3-10)17(23(26)27)16(22-18(15)24)11-4-8-13(21)9-5-11/h2-9,14-17H,1H3,(H,22,24). The summed E-state index contributed by atoms with van der Waals surface area (Å²) in [7, 11) is 1.07. The maximum absolute atomic E-state index is 13.3. The van der Waals surface area contributed by atoms with Gasteiger partial charge in [-0.15, -0.1) is 0 Å². The lowest BCUT2D eigenvalue weighted by Crippen LogP contribution is -2.56. The van der Waals surface area contributed by atoms with Crippen LogP contribution in [-0.4, -0.2) is 30.0 Å². The Balaban J connectivity index is 2.15. The highest BCUT2D eigenvalue weighted by Crippen LogP contribution is 2.41. The zero-order chi connectivity index (χ0) is 20.4. The third kappa shape index (κ3) is 3.55. The van der Waals surface area contributed by atoms with Crippen molar-refractivity contribution in [3.05, 3.63) is 81.4 Å². The minimum atomic E-state index is -1.48. The highest BCUT2D eigenvalue weighted by atomic mass is 19.1. The number of carbonyl (C=O) groups excluding carboxylic acids is 2. The van der Waals surface area contributed by atoms with E-state index in [-0.39, 0.29) is 5.56 Å². The average Bonchev–Trinajstić information content (AvgIpc) is 2.67. The Hall–Kier alpha value is -3.36. The number of hydrogen-bond donors (Lipinski definition) is 1. The molecule has 4 unspecified atom stereocenters. The molecule has 0 aromatic heterocycles. The molecule has 1 heterocycles. The molecular weight excluding hydrogens is 374 g/mol. The summed E-state index contributed by atoms with van der Waals surface area (Å²) in [6.07, 6.45) is 0. The zero-order valence-electron chi connectivity index (χ0n) is 14.7. The fraction of sp³-hybridized carbons (Fsp3) is 0.263. The Kier molecular flexibility index (Phi) is 5.34. The van der Waals surface area contributed by atoms with Crippen LogP contribution < -0.4 is 5.32 Å².